The summed E-state index contributed by atoms with van der Waals surface area (Å²) >= 11 is 0. The summed E-state index contributed by atoms with van der Waals surface area (Å²) in [6.45, 7) is -0.845. The van der Waals surface area contributed by atoms with Crippen molar-refractivity contribution in [2.75, 3.05) is 0 Å². The molecule has 0 amide bonds. The quantitative estimate of drug-likeness (QED) is 0.357. The van der Waals surface area contributed by atoms with Gasteiger partial charge in [-0.05, 0) is 71.7 Å². The summed E-state index contributed by atoms with van der Waals surface area (Å²) in [6.07, 6.45) is 1.60. The zero-order chi connectivity index (χ0) is 23.4. The summed E-state index contributed by atoms with van der Waals surface area (Å²) < 4.78 is 61.2. The van der Waals surface area contributed by atoms with Gasteiger partial charge in [0, 0.05) is 25.4 Å². The average Bonchev–Trinajstić information content (AvgIpc) is 2.70. The van der Waals surface area contributed by atoms with Crippen LogP contribution in [0.15, 0.2) is 54.7 Å². The summed E-state index contributed by atoms with van der Waals surface area (Å²) in [5.74, 6) is -0.195. The summed E-state index contributed by atoms with van der Waals surface area (Å²) in [7, 11) is 0. The fourth-order valence-electron chi connectivity index (χ4n) is 3.56. The third kappa shape index (κ3) is 2.76. The molecule has 0 aliphatic rings. The number of hydrogen-bond acceptors (Lipinski definition) is 1. The van der Waals surface area contributed by atoms with Crippen LogP contribution in [0.4, 0.5) is 4.39 Å². The largest absolute Gasteiger partial charge is 0.256 e. The van der Waals surface area contributed by atoms with Crippen LogP contribution in [0.5, 0.6) is 0 Å². The fourth-order valence-corrected chi connectivity index (χ4v) is 3.56. The molecule has 0 fully saturated rings. The molecule has 4 rings (SSSR count). The predicted molar refractivity (Wildman–Crippen MR) is 108 cm³/mol. The lowest BCUT2D eigenvalue weighted by atomic mass is 9.90. The summed E-state index contributed by atoms with van der Waals surface area (Å²) in [5, 5.41) is 3.02. The summed E-state index contributed by atoms with van der Waals surface area (Å²) in [6, 6.07) is 12.6. The zero-order valence-electron chi connectivity index (χ0n) is 20.6. The minimum Gasteiger partial charge on any atom is -0.256 e. The number of aromatic nitrogens is 1. The van der Waals surface area contributed by atoms with Crippen LogP contribution >= 0.6 is 0 Å². The Balaban J connectivity index is 2.14. The van der Waals surface area contributed by atoms with E-state index in [0.717, 1.165) is 16.3 Å². The smallest absolute Gasteiger partial charge is 0.123 e. The maximum absolute atomic E-state index is 14.3. The number of nitrogens with zero attached hydrogens (tertiary/aromatic N) is 1. The fraction of sp³-hybridized carbons (Fsp3) is 0.208. The molecular formula is C24H22FN. The van der Waals surface area contributed by atoms with Gasteiger partial charge in [0.25, 0.3) is 0 Å². The molecule has 0 aliphatic carbocycles. The monoisotopic (exact) mass is 349 g/mol. The van der Waals surface area contributed by atoms with Crippen molar-refractivity contribution in [3.05, 3.63) is 77.2 Å². The lowest BCUT2D eigenvalue weighted by Crippen LogP contribution is -1.95. The minimum absolute atomic E-state index is 0.0748. The normalized spacial score (nSPS) is 16.0. The molecule has 4 aromatic rings. The average molecular weight is 349 g/mol. The highest BCUT2D eigenvalue weighted by Gasteiger charge is 2.15. The van der Waals surface area contributed by atoms with Crippen molar-refractivity contribution in [3.63, 3.8) is 0 Å². The molecule has 3 aromatic carbocycles. The SMILES string of the molecule is [2H]C([2H])([2H])c1cc(-c2nccc3cc(C(C)C)c4ccc(F)cc4c23)cc(C([2H])([2H])[2H])c1. The maximum Gasteiger partial charge on any atom is 0.123 e. The van der Waals surface area contributed by atoms with E-state index in [4.69, 9.17) is 8.22 Å². The highest BCUT2D eigenvalue weighted by atomic mass is 19.1. The topological polar surface area (TPSA) is 12.9 Å². The first-order chi connectivity index (χ1) is 14.9. The second-order valence-corrected chi connectivity index (χ2v) is 6.87. The van der Waals surface area contributed by atoms with Gasteiger partial charge in [0.1, 0.15) is 5.82 Å². The zero-order valence-corrected chi connectivity index (χ0v) is 14.6. The van der Waals surface area contributed by atoms with Crippen LogP contribution in [0.2, 0.25) is 0 Å². The van der Waals surface area contributed by atoms with Crippen LogP contribution in [0.3, 0.4) is 0 Å². The molecule has 0 saturated heterocycles. The van der Waals surface area contributed by atoms with Gasteiger partial charge in [-0.25, -0.2) is 4.39 Å². The highest BCUT2D eigenvalue weighted by molar-refractivity contribution is 6.14. The second-order valence-electron chi connectivity index (χ2n) is 6.87. The third-order valence-corrected chi connectivity index (χ3v) is 4.68. The van der Waals surface area contributed by atoms with Crippen molar-refractivity contribution in [2.45, 2.75) is 33.5 Å². The lowest BCUT2D eigenvalue weighted by Gasteiger charge is -2.16. The first-order valence-electron chi connectivity index (χ1n) is 11.5. The van der Waals surface area contributed by atoms with Crippen molar-refractivity contribution >= 4 is 21.5 Å². The number of pyridine rings is 1. The Hall–Kier alpha value is -2.74. The molecule has 0 saturated carbocycles. The van der Waals surface area contributed by atoms with Crippen LogP contribution in [0.1, 0.15) is 44.7 Å². The Morgan fingerprint density at radius 3 is 2.38 bits per heavy atom. The van der Waals surface area contributed by atoms with Crippen molar-refractivity contribution in [2.24, 2.45) is 0 Å². The van der Waals surface area contributed by atoms with E-state index in [1.54, 1.807) is 12.3 Å². The molecule has 1 nitrogen and oxygen atoms in total. The van der Waals surface area contributed by atoms with E-state index in [0.29, 0.717) is 22.0 Å². The van der Waals surface area contributed by atoms with E-state index in [-0.39, 0.29) is 17.0 Å². The van der Waals surface area contributed by atoms with E-state index in [1.807, 2.05) is 12.1 Å². The van der Waals surface area contributed by atoms with E-state index in [9.17, 15) is 4.39 Å². The Morgan fingerprint density at radius 2 is 1.69 bits per heavy atom. The van der Waals surface area contributed by atoms with E-state index in [1.165, 1.54) is 30.3 Å². The Labute approximate surface area is 161 Å². The van der Waals surface area contributed by atoms with Crippen LogP contribution in [0, 0.1) is 19.5 Å². The van der Waals surface area contributed by atoms with Gasteiger partial charge in [0.05, 0.1) is 5.69 Å². The molecule has 1 aromatic heterocycles. The van der Waals surface area contributed by atoms with E-state index < -0.39 is 19.5 Å². The molecule has 130 valence electrons. The Morgan fingerprint density at radius 1 is 0.923 bits per heavy atom. The van der Waals surface area contributed by atoms with Crippen molar-refractivity contribution in [1.29, 1.82) is 0 Å². The predicted octanol–water partition coefficient (Wildman–Crippen LogP) is 6.93. The lowest BCUT2D eigenvalue weighted by molar-refractivity contribution is 0.630. The van der Waals surface area contributed by atoms with Crippen molar-refractivity contribution < 1.29 is 12.6 Å². The summed E-state index contributed by atoms with van der Waals surface area (Å²) in [5.41, 5.74) is 1.70. The standard InChI is InChI=1S/C24H22FN/c1-14(2)21-12-17-7-8-26-24(18-10-15(3)9-16(4)11-18)23(17)22-13-19(25)5-6-20(21)22/h5-14H,1-4H3/i3D3,4D3. The molecule has 2 heteroatoms. The molecule has 0 atom stereocenters. The maximum atomic E-state index is 14.3. The molecule has 0 radical (unpaired) electrons. The molecule has 26 heavy (non-hydrogen) atoms. The molecule has 0 N–H and O–H groups in total. The van der Waals surface area contributed by atoms with E-state index >= 15 is 0 Å². The number of rotatable bonds is 2. The number of benzene rings is 3. The van der Waals surface area contributed by atoms with Gasteiger partial charge in [0.15, 0.2) is 0 Å². The molecule has 0 bridgehead atoms. The van der Waals surface area contributed by atoms with Gasteiger partial charge in [0.2, 0.25) is 0 Å². The van der Waals surface area contributed by atoms with Gasteiger partial charge in [-0.15, -0.1) is 0 Å². The molecule has 0 unspecified atom stereocenters. The van der Waals surface area contributed by atoms with Gasteiger partial charge < -0.3 is 0 Å². The van der Waals surface area contributed by atoms with Gasteiger partial charge in [-0.3, -0.25) is 4.98 Å². The highest BCUT2D eigenvalue weighted by Crippen LogP contribution is 2.37. The van der Waals surface area contributed by atoms with Gasteiger partial charge in [-0.1, -0.05) is 43.2 Å². The number of hydrogen-bond donors (Lipinski definition) is 0. The third-order valence-electron chi connectivity index (χ3n) is 4.68. The van der Waals surface area contributed by atoms with Crippen molar-refractivity contribution in [3.8, 4) is 11.3 Å². The number of halogens is 1. The number of fused-ring (bicyclic) bond motifs is 3. The first kappa shape index (κ1) is 11.1. The van der Waals surface area contributed by atoms with Crippen LogP contribution < -0.4 is 0 Å². The minimum atomic E-state index is -2.49. The Kier molecular flexibility index (Phi) is 2.64. The summed E-state index contributed by atoms with van der Waals surface area (Å²) in [4.78, 5) is 4.49. The molecule has 1 heterocycles. The van der Waals surface area contributed by atoms with Gasteiger partial charge >= 0.3 is 0 Å². The van der Waals surface area contributed by atoms with Crippen LogP contribution in [-0.2, 0) is 0 Å². The molecule has 0 spiro atoms. The van der Waals surface area contributed by atoms with Crippen LogP contribution in [-0.4, -0.2) is 4.98 Å². The van der Waals surface area contributed by atoms with Crippen LogP contribution in [0.25, 0.3) is 32.8 Å². The van der Waals surface area contributed by atoms with E-state index in [2.05, 4.69) is 18.8 Å². The van der Waals surface area contributed by atoms with Crippen molar-refractivity contribution in [1.82, 2.24) is 4.98 Å². The molecule has 0 aliphatic heterocycles. The first-order valence-corrected chi connectivity index (χ1v) is 8.53. The van der Waals surface area contributed by atoms with Gasteiger partial charge in [-0.2, -0.15) is 0 Å². The Bertz CT molecular complexity index is 1310. The second kappa shape index (κ2) is 6.21. The molecular weight excluding hydrogens is 321 g/mol. The number of aryl methyl sites for hydroxylation is 2.